The Balaban J connectivity index is 1.66. The fraction of sp³-hybridized carbons (Fsp3) is 0.111. The Kier molecular flexibility index (Phi) is 5.35. The highest BCUT2D eigenvalue weighted by molar-refractivity contribution is 9.10. The maximum Gasteiger partial charge on any atom is 0.272 e. The predicted molar refractivity (Wildman–Crippen MR) is 104 cm³/mol. The Morgan fingerprint density at radius 2 is 1.72 bits per heavy atom. The number of anilines is 2. The van der Waals surface area contributed by atoms with Gasteiger partial charge in [0.15, 0.2) is 0 Å². The van der Waals surface area contributed by atoms with Crippen molar-refractivity contribution in [3.05, 3.63) is 69.1 Å². The van der Waals surface area contributed by atoms with Crippen LogP contribution < -0.4 is 10.6 Å². The number of thiophene rings is 1. The molecule has 0 atom stereocenters. The van der Waals surface area contributed by atoms with Gasteiger partial charge in [-0.05, 0) is 64.6 Å². The number of carbonyl (C=O) groups excluding carboxylic acids is 2. The summed E-state index contributed by atoms with van der Waals surface area (Å²) in [7, 11) is 0. The molecule has 0 aliphatic rings. The van der Waals surface area contributed by atoms with Crippen molar-refractivity contribution >= 4 is 50.5 Å². The number of aryl methyl sites for hydroxylation is 1. The van der Waals surface area contributed by atoms with E-state index in [2.05, 4.69) is 26.6 Å². The SMILES string of the molecule is CCn1cc(Br)cc1C(=O)Nc1ccc(NC(=O)c2cccs2)cc1. The topological polar surface area (TPSA) is 63.1 Å². The maximum absolute atomic E-state index is 12.4. The molecule has 0 bridgehead atoms. The molecule has 25 heavy (non-hydrogen) atoms. The number of hydrogen-bond acceptors (Lipinski definition) is 3. The standard InChI is InChI=1S/C18H16BrN3O2S/c1-2-22-11-12(19)10-15(22)17(23)20-13-5-7-14(8-6-13)21-18(24)16-4-3-9-25-16/h3-11H,2H2,1H3,(H,20,23)(H,21,24). The molecule has 0 unspecified atom stereocenters. The molecule has 0 saturated carbocycles. The van der Waals surface area contributed by atoms with E-state index in [1.165, 1.54) is 11.3 Å². The summed E-state index contributed by atoms with van der Waals surface area (Å²) < 4.78 is 2.74. The van der Waals surface area contributed by atoms with Gasteiger partial charge in [0.1, 0.15) is 5.69 Å². The van der Waals surface area contributed by atoms with E-state index in [1.807, 2.05) is 29.1 Å². The van der Waals surface area contributed by atoms with Gasteiger partial charge in [-0.1, -0.05) is 6.07 Å². The third-order valence-electron chi connectivity index (χ3n) is 3.58. The summed E-state index contributed by atoms with van der Waals surface area (Å²) in [6.07, 6.45) is 1.87. The van der Waals surface area contributed by atoms with Crippen molar-refractivity contribution in [2.75, 3.05) is 10.6 Å². The quantitative estimate of drug-likeness (QED) is 0.623. The Bertz CT molecular complexity index is 886. The van der Waals surface area contributed by atoms with Crippen LogP contribution in [0.5, 0.6) is 0 Å². The summed E-state index contributed by atoms with van der Waals surface area (Å²) in [5, 5.41) is 7.55. The van der Waals surface area contributed by atoms with Crippen molar-refractivity contribution in [3.63, 3.8) is 0 Å². The van der Waals surface area contributed by atoms with Gasteiger partial charge in [-0.3, -0.25) is 9.59 Å². The van der Waals surface area contributed by atoms with Crippen molar-refractivity contribution < 1.29 is 9.59 Å². The molecule has 0 aliphatic heterocycles. The summed E-state index contributed by atoms with van der Waals surface area (Å²) in [6, 6.07) is 12.4. The van der Waals surface area contributed by atoms with Crippen LogP contribution in [0.3, 0.4) is 0 Å². The number of nitrogens with one attached hydrogen (secondary N) is 2. The number of hydrogen-bond donors (Lipinski definition) is 2. The van der Waals surface area contributed by atoms with Crippen LogP contribution in [0.25, 0.3) is 0 Å². The van der Waals surface area contributed by atoms with E-state index in [1.54, 1.807) is 36.4 Å². The monoisotopic (exact) mass is 417 g/mol. The van der Waals surface area contributed by atoms with Gasteiger partial charge in [-0.2, -0.15) is 0 Å². The van der Waals surface area contributed by atoms with Gasteiger partial charge in [0.25, 0.3) is 11.8 Å². The van der Waals surface area contributed by atoms with E-state index in [9.17, 15) is 9.59 Å². The first-order valence-corrected chi connectivity index (χ1v) is 9.36. The van der Waals surface area contributed by atoms with Crippen LogP contribution >= 0.6 is 27.3 Å². The number of benzene rings is 1. The Hall–Kier alpha value is -2.38. The van der Waals surface area contributed by atoms with E-state index in [-0.39, 0.29) is 11.8 Å². The minimum absolute atomic E-state index is 0.141. The molecule has 0 radical (unpaired) electrons. The molecule has 0 spiro atoms. The second-order valence-corrected chi connectivity index (χ2v) is 7.16. The van der Waals surface area contributed by atoms with Gasteiger partial charge in [0, 0.05) is 28.6 Å². The minimum atomic E-state index is -0.178. The maximum atomic E-state index is 12.4. The van der Waals surface area contributed by atoms with Crippen LogP contribution in [0.1, 0.15) is 27.1 Å². The summed E-state index contributed by atoms with van der Waals surface area (Å²) in [5.74, 6) is -0.319. The zero-order valence-corrected chi connectivity index (χ0v) is 15.9. The molecule has 0 fully saturated rings. The lowest BCUT2D eigenvalue weighted by atomic mass is 10.2. The van der Waals surface area contributed by atoms with Crippen LogP contribution in [0, 0.1) is 0 Å². The average Bonchev–Trinajstić information content (AvgIpc) is 3.26. The number of nitrogens with zero attached hydrogens (tertiary/aromatic N) is 1. The number of halogens is 1. The van der Waals surface area contributed by atoms with Crippen LogP contribution in [-0.4, -0.2) is 16.4 Å². The fourth-order valence-corrected chi connectivity index (χ4v) is 3.44. The van der Waals surface area contributed by atoms with E-state index in [0.717, 1.165) is 4.47 Å². The molecule has 2 aromatic heterocycles. The zero-order valence-electron chi connectivity index (χ0n) is 13.5. The number of amides is 2. The number of rotatable bonds is 5. The molecular formula is C18H16BrN3O2S. The van der Waals surface area contributed by atoms with Gasteiger partial charge < -0.3 is 15.2 Å². The molecule has 3 rings (SSSR count). The lowest BCUT2D eigenvalue weighted by Gasteiger charge is -2.09. The Morgan fingerprint density at radius 3 is 2.28 bits per heavy atom. The van der Waals surface area contributed by atoms with Crippen molar-refractivity contribution in [1.29, 1.82) is 0 Å². The Morgan fingerprint density at radius 1 is 1.08 bits per heavy atom. The number of aromatic nitrogens is 1. The average molecular weight is 418 g/mol. The van der Waals surface area contributed by atoms with Crippen LogP contribution in [0.4, 0.5) is 11.4 Å². The highest BCUT2D eigenvalue weighted by Gasteiger charge is 2.13. The summed E-state index contributed by atoms with van der Waals surface area (Å²) >= 11 is 4.78. The van der Waals surface area contributed by atoms with E-state index in [0.29, 0.717) is 28.5 Å². The molecule has 5 nitrogen and oxygen atoms in total. The molecular weight excluding hydrogens is 402 g/mol. The molecule has 128 valence electrons. The highest BCUT2D eigenvalue weighted by Crippen LogP contribution is 2.19. The van der Waals surface area contributed by atoms with Gasteiger partial charge in [0.2, 0.25) is 0 Å². The molecule has 2 N–H and O–H groups in total. The molecule has 0 saturated heterocycles. The molecule has 3 aromatic rings. The van der Waals surface area contributed by atoms with Crippen molar-refractivity contribution in [1.82, 2.24) is 4.57 Å². The number of carbonyl (C=O) groups is 2. The Labute approximate surface area is 157 Å². The second-order valence-electron chi connectivity index (χ2n) is 5.29. The molecule has 7 heteroatoms. The van der Waals surface area contributed by atoms with E-state index in [4.69, 9.17) is 0 Å². The zero-order chi connectivity index (χ0) is 17.8. The largest absolute Gasteiger partial charge is 0.343 e. The van der Waals surface area contributed by atoms with E-state index < -0.39 is 0 Å². The lowest BCUT2D eigenvalue weighted by Crippen LogP contribution is -2.16. The van der Waals surface area contributed by atoms with E-state index >= 15 is 0 Å². The normalized spacial score (nSPS) is 10.5. The summed E-state index contributed by atoms with van der Waals surface area (Å²) in [6.45, 7) is 2.69. The van der Waals surface area contributed by atoms with Gasteiger partial charge in [0.05, 0.1) is 4.88 Å². The first-order valence-electron chi connectivity index (χ1n) is 7.68. The second kappa shape index (κ2) is 7.67. The predicted octanol–water partition coefficient (Wildman–Crippen LogP) is 4.84. The summed E-state index contributed by atoms with van der Waals surface area (Å²) in [4.78, 5) is 25.1. The van der Waals surface area contributed by atoms with Crippen LogP contribution in [-0.2, 0) is 6.54 Å². The minimum Gasteiger partial charge on any atom is -0.343 e. The van der Waals surface area contributed by atoms with Crippen molar-refractivity contribution in [2.24, 2.45) is 0 Å². The lowest BCUT2D eigenvalue weighted by molar-refractivity contribution is 0.101. The van der Waals surface area contributed by atoms with Crippen molar-refractivity contribution in [3.8, 4) is 0 Å². The van der Waals surface area contributed by atoms with Gasteiger partial charge in [-0.15, -0.1) is 11.3 Å². The highest BCUT2D eigenvalue weighted by atomic mass is 79.9. The van der Waals surface area contributed by atoms with Gasteiger partial charge in [-0.25, -0.2) is 0 Å². The molecule has 0 aliphatic carbocycles. The third-order valence-corrected chi connectivity index (χ3v) is 4.88. The van der Waals surface area contributed by atoms with Crippen LogP contribution in [0.15, 0.2) is 58.5 Å². The molecule has 2 amide bonds. The summed E-state index contributed by atoms with van der Waals surface area (Å²) in [5.41, 5.74) is 1.93. The molecule has 1 aromatic carbocycles. The molecule has 2 heterocycles. The smallest absolute Gasteiger partial charge is 0.272 e. The fourth-order valence-electron chi connectivity index (χ4n) is 2.36. The van der Waals surface area contributed by atoms with Crippen LogP contribution in [0.2, 0.25) is 0 Å². The van der Waals surface area contributed by atoms with Crippen molar-refractivity contribution in [2.45, 2.75) is 13.5 Å². The first-order chi connectivity index (χ1) is 12.1. The van der Waals surface area contributed by atoms with Gasteiger partial charge >= 0.3 is 0 Å². The third kappa shape index (κ3) is 4.18. The first kappa shape index (κ1) is 17.4.